The second-order valence-electron chi connectivity index (χ2n) is 17.6. The molecule has 0 N–H and O–H groups in total. The summed E-state index contributed by atoms with van der Waals surface area (Å²) in [4.78, 5) is 66.5. The van der Waals surface area contributed by atoms with E-state index < -0.39 is 47.1 Å². The highest BCUT2D eigenvalue weighted by Gasteiger charge is 2.33. The molecule has 74 heavy (non-hydrogen) atoms. The summed E-state index contributed by atoms with van der Waals surface area (Å²) in [6.45, 7) is 4.52. The summed E-state index contributed by atoms with van der Waals surface area (Å²) in [7, 11) is 0. The molecule has 0 aliphatic carbocycles. The Bertz CT molecular complexity index is 3680. The van der Waals surface area contributed by atoms with Crippen molar-refractivity contribution in [2.24, 2.45) is 0 Å². The average Bonchev–Trinajstić information content (AvgIpc) is 4.19. The molecule has 0 spiro atoms. The summed E-state index contributed by atoms with van der Waals surface area (Å²) in [6.07, 6.45) is 5.31. The van der Waals surface area contributed by atoms with E-state index in [1.165, 1.54) is 82.2 Å². The number of carbonyl (C=O) groups is 2. The van der Waals surface area contributed by atoms with Crippen molar-refractivity contribution in [1.29, 1.82) is 0 Å². The Morgan fingerprint density at radius 1 is 0.716 bits per heavy atom. The Kier molecular flexibility index (Phi) is 13.5. The van der Waals surface area contributed by atoms with Crippen LogP contribution in [0.1, 0.15) is 47.7 Å². The second kappa shape index (κ2) is 20.1. The first-order valence-electron chi connectivity index (χ1n) is 23.1. The fraction of sp³-hybridized carbons (Fsp3) is 0.208. The van der Waals surface area contributed by atoms with Crippen LogP contribution in [-0.4, -0.2) is 76.0 Å². The first-order valence-corrected chi connectivity index (χ1v) is 23.9. The lowest BCUT2D eigenvalue weighted by molar-refractivity contribution is -0.137. The number of imidazole rings is 2. The van der Waals surface area contributed by atoms with Gasteiger partial charge in [-0.1, -0.05) is 48.0 Å². The van der Waals surface area contributed by atoms with Gasteiger partial charge in [-0.15, -0.1) is 0 Å². The first kappa shape index (κ1) is 49.5. The lowest BCUT2D eigenvalue weighted by Crippen LogP contribution is -2.31. The number of benzene rings is 4. The Morgan fingerprint density at radius 3 is 1.85 bits per heavy atom. The van der Waals surface area contributed by atoms with Gasteiger partial charge in [0.1, 0.15) is 24.2 Å². The molecule has 0 bridgehead atoms. The van der Waals surface area contributed by atoms with Crippen LogP contribution in [0.15, 0.2) is 150 Å². The van der Waals surface area contributed by atoms with Crippen LogP contribution < -0.4 is 20.9 Å². The summed E-state index contributed by atoms with van der Waals surface area (Å²) < 4.78 is 86.9. The fourth-order valence-corrected chi connectivity index (χ4v) is 10.0. The molecule has 8 aromatic rings. The van der Waals surface area contributed by atoms with E-state index in [0.717, 1.165) is 24.3 Å². The fourth-order valence-electron chi connectivity index (χ4n) is 9.57. The van der Waals surface area contributed by atoms with Crippen LogP contribution in [-0.2, 0) is 22.4 Å². The van der Waals surface area contributed by atoms with Crippen molar-refractivity contribution in [2.75, 3.05) is 26.2 Å². The van der Waals surface area contributed by atoms with E-state index in [1.807, 2.05) is 0 Å². The van der Waals surface area contributed by atoms with Crippen molar-refractivity contribution in [3.05, 3.63) is 200 Å². The predicted octanol–water partition coefficient (Wildman–Crippen LogP) is 9.98. The van der Waals surface area contributed by atoms with Gasteiger partial charge in [0, 0.05) is 44.6 Å². The number of pyridine rings is 2. The number of halogens is 7. The number of hydrogen-bond acceptors (Lipinski definition) is 8. The van der Waals surface area contributed by atoms with Crippen LogP contribution in [0.3, 0.4) is 0 Å². The van der Waals surface area contributed by atoms with E-state index in [2.05, 4.69) is 16.5 Å². The van der Waals surface area contributed by atoms with Crippen molar-refractivity contribution in [3.63, 3.8) is 0 Å². The third kappa shape index (κ3) is 9.55. The number of aromatic nitrogens is 6. The molecule has 4 aromatic heterocycles. The van der Waals surface area contributed by atoms with E-state index >= 15 is 0 Å². The molecule has 4 aromatic carbocycles. The zero-order valence-corrected chi connectivity index (χ0v) is 40.3. The van der Waals surface area contributed by atoms with Crippen LogP contribution in [0.4, 0.5) is 22.0 Å². The highest BCUT2D eigenvalue weighted by atomic mass is 35.5. The van der Waals surface area contributed by atoms with Gasteiger partial charge in [-0.05, 0) is 109 Å². The minimum atomic E-state index is -4.52. The van der Waals surface area contributed by atoms with E-state index in [-0.39, 0.29) is 70.0 Å². The largest absolute Gasteiger partial charge is 0.487 e. The molecule has 3 atom stereocenters. The van der Waals surface area contributed by atoms with E-state index in [4.69, 9.17) is 32.7 Å². The number of ether oxygens (including phenoxy) is 2. The summed E-state index contributed by atoms with van der Waals surface area (Å²) in [6, 6.07) is 19.8. The Labute approximate surface area is 427 Å². The minimum absolute atomic E-state index is 0.0536. The average molecular weight is 1050 g/mol. The molecule has 6 heterocycles. The maximum Gasteiger partial charge on any atom is 0.416 e. The van der Waals surface area contributed by atoms with Gasteiger partial charge in [-0.3, -0.25) is 37.8 Å². The summed E-state index contributed by atoms with van der Waals surface area (Å²) in [5, 5.41) is 0.157. The van der Waals surface area contributed by atoms with Crippen LogP contribution in [0, 0.1) is 11.6 Å². The van der Waals surface area contributed by atoms with Crippen LogP contribution >= 0.6 is 23.2 Å². The van der Waals surface area contributed by atoms with Crippen molar-refractivity contribution in [1.82, 2.24) is 38.0 Å². The van der Waals surface area contributed by atoms with E-state index in [1.54, 1.807) is 55.6 Å². The number of rotatable bonds is 13. The van der Waals surface area contributed by atoms with Crippen molar-refractivity contribution in [2.45, 2.75) is 43.8 Å². The number of nitrogens with zero attached hydrogens (tertiary/aromatic N) is 8. The van der Waals surface area contributed by atoms with Gasteiger partial charge in [-0.25, -0.2) is 18.4 Å². The summed E-state index contributed by atoms with van der Waals surface area (Å²) >= 11 is 13.5. The molecule has 2 amide bonds. The molecule has 0 radical (unpaired) electrons. The quantitative estimate of drug-likeness (QED) is 0.0822. The molecule has 378 valence electrons. The Balaban J connectivity index is 0.874. The number of likely N-dealkylation sites (tertiary alicyclic amines) is 2. The second-order valence-corrected chi connectivity index (χ2v) is 18.5. The zero-order valence-electron chi connectivity index (χ0n) is 38.8. The van der Waals surface area contributed by atoms with Crippen molar-refractivity contribution >= 4 is 57.1 Å². The molecule has 0 saturated carbocycles. The van der Waals surface area contributed by atoms with Gasteiger partial charge in [0.2, 0.25) is 11.8 Å². The van der Waals surface area contributed by atoms with E-state index in [0.29, 0.717) is 59.4 Å². The third-order valence-electron chi connectivity index (χ3n) is 13.1. The number of fused-ring (bicyclic) bond motifs is 2. The highest BCUT2D eigenvalue weighted by molar-refractivity contribution is 6.32. The van der Waals surface area contributed by atoms with Gasteiger partial charge in [0.15, 0.2) is 11.6 Å². The standard InChI is InChI=1S/C53H41Cl2F5N8O6/c1-2-49(69)63-20-16-36(28-63)67-42-14-18-62-27-45(42)66(52(67)72)35-8-11-48(39(55)25-35)74-46(32-6-9-40(56)41(57)23-32)12-13-50(70)64-21-17-37(29-64)68-43-15-19-61-26-44(43)65(51(68)71)34-7-10-47(38(54)24-34)73-30-31-4-3-5-33(22-31)53(58,59)60/h2-15,18-19,22-27,36-37,46H,1,16-17,20-21,28-30H2/b13-12+/t36-,37-,46?/m1/s1. The predicted molar refractivity (Wildman–Crippen MR) is 266 cm³/mol. The number of amides is 2. The molecular formula is C53H41Cl2F5N8O6. The molecule has 2 fully saturated rings. The zero-order chi connectivity index (χ0) is 52.0. The summed E-state index contributed by atoms with van der Waals surface area (Å²) in [5.74, 6) is -2.65. The molecule has 14 nitrogen and oxygen atoms in total. The minimum Gasteiger partial charge on any atom is -0.487 e. The molecule has 2 aliphatic rings. The third-order valence-corrected chi connectivity index (χ3v) is 13.7. The number of carbonyl (C=O) groups excluding carboxylic acids is 2. The van der Waals surface area contributed by atoms with Gasteiger partial charge >= 0.3 is 17.6 Å². The van der Waals surface area contributed by atoms with Crippen molar-refractivity contribution < 1.29 is 41.0 Å². The molecule has 2 saturated heterocycles. The molecular weight excluding hydrogens is 1010 g/mol. The molecule has 21 heteroatoms. The van der Waals surface area contributed by atoms with Gasteiger partial charge in [-0.2, -0.15) is 13.2 Å². The number of hydrogen-bond donors (Lipinski definition) is 0. The Hall–Kier alpha value is -8.03. The number of alkyl halides is 3. The van der Waals surface area contributed by atoms with Gasteiger partial charge < -0.3 is 19.3 Å². The van der Waals surface area contributed by atoms with Gasteiger partial charge in [0.05, 0.1) is 73.5 Å². The molecule has 10 rings (SSSR count). The smallest absolute Gasteiger partial charge is 0.416 e. The van der Waals surface area contributed by atoms with E-state index in [9.17, 15) is 41.1 Å². The topological polar surface area (TPSA) is 139 Å². The summed E-state index contributed by atoms with van der Waals surface area (Å²) in [5.41, 5.74) is 1.62. The Morgan fingerprint density at radius 2 is 1.30 bits per heavy atom. The first-order chi connectivity index (χ1) is 35.6. The van der Waals surface area contributed by atoms with Crippen molar-refractivity contribution in [3.8, 4) is 22.9 Å². The monoisotopic (exact) mass is 1050 g/mol. The highest BCUT2D eigenvalue weighted by Crippen LogP contribution is 2.36. The maximum absolute atomic E-state index is 14.7. The van der Waals surface area contributed by atoms with Gasteiger partial charge in [0.25, 0.3) is 0 Å². The molecule has 2 aliphatic heterocycles. The molecule has 1 unspecified atom stereocenters. The SMILES string of the molecule is C=CC(=O)N1CC[C@@H](n2c(=O)n(-c3ccc(OC(/C=C/C(=O)N4CC[C@@H](n5c(=O)n(-c6ccc(OCc7cccc(C(F)(F)F)c7)c(Cl)c6)c6cnccc65)C4)c4ccc(F)c(F)c4)c(Cl)c3)c3cnccc32)C1. The lowest BCUT2D eigenvalue weighted by Gasteiger charge is -2.19. The van der Waals surface area contributed by atoms with Crippen LogP contribution in [0.25, 0.3) is 33.4 Å². The normalized spacial score (nSPS) is 16.4. The van der Waals surface area contributed by atoms with Crippen LogP contribution in [0.2, 0.25) is 10.0 Å². The lowest BCUT2D eigenvalue weighted by atomic mass is 10.1. The maximum atomic E-state index is 14.7. The van der Waals surface area contributed by atoms with Crippen LogP contribution in [0.5, 0.6) is 11.5 Å².